The summed E-state index contributed by atoms with van der Waals surface area (Å²) in [5.74, 6) is 0.564. The summed E-state index contributed by atoms with van der Waals surface area (Å²) in [7, 11) is 0. The van der Waals surface area contributed by atoms with Gasteiger partial charge in [0.2, 0.25) is 0 Å². The fourth-order valence-corrected chi connectivity index (χ4v) is 17.6. The molecule has 18 aromatic carbocycles. The van der Waals surface area contributed by atoms with Crippen LogP contribution in [-0.2, 0) is 0 Å². The quantitative estimate of drug-likeness (QED) is 0.177. The lowest BCUT2D eigenvalue weighted by atomic mass is 9.96. The number of rotatable bonds is 3. The average molecular weight is 1430 g/mol. The Hall–Kier alpha value is -13.2. The molecule has 107 heavy (non-hydrogen) atoms. The van der Waals surface area contributed by atoms with Crippen molar-refractivity contribution in [3.05, 3.63) is 331 Å². The Bertz CT molecular complexity index is 7860. The van der Waals surface area contributed by atoms with Crippen LogP contribution in [-0.4, -0.2) is 29.5 Å². The number of fused-ring (bicyclic) bond motifs is 36. The topological polar surface area (TPSA) is 98.6 Å². The van der Waals surface area contributed by atoms with Crippen molar-refractivity contribution in [2.45, 2.75) is 0 Å². The van der Waals surface area contributed by atoms with Gasteiger partial charge in [0.25, 0.3) is 0 Å². The van der Waals surface area contributed by atoms with E-state index in [4.69, 9.17) is 53.6 Å². The molecular weight excluding hydrogens is 1380 g/mol. The van der Waals surface area contributed by atoms with Gasteiger partial charge in [0.05, 0.1) is 38.6 Å². The first kappa shape index (κ1) is 61.3. The predicted octanol–water partition coefficient (Wildman–Crippen LogP) is 28.0. The fourth-order valence-electron chi connectivity index (χ4n) is 17.1. The molecule has 0 unspecified atom stereocenters. The minimum Gasteiger partial charge on any atom is -0.454 e. The van der Waals surface area contributed by atoms with Gasteiger partial charge in [0, 0.05) is 70.2 Å². The maximum atomic E-state index is 7.38. The highest BCUT2D eigenvalue weighted by atomic mass is 35.5. The van der Waals surface area contributed by atoms with Crippen LogP contribution in [0.1, 0.15) is 0 Å². The van der Waals surface area contributed by atoms with Crippen LogP contribution in [0.5, 0.6) is 0 Å². The minimum atomic E-state index is 0.236. The van der Waals surface area contributed by atoms with E-state index in [1.807, 2.05) is 42.5 Å². The Morgan fingerprint density at radius 2 is 0.636 bits per heavy atom. The number of nitrogens with one attached hydrogen (secondary N) is 1. The summed E-state index contributed by atoms with van der Waals surface area (Å²) < 4.78 is 15.8. The lowest BCUT2D eigenvalue weighted by Gasteiger charge is -2.14. The average Bonchev–Trinajstić information content (AvgIpc) is 1.55. The lowest BCUT2D eigenvalue weighted by molar-refractivity contribution is 0.671. The van der Waals surface area contributed by atoms with Gasteiger partial charge >= 0.3 is 0 Å². The molecule has 0 aliphatic rings. The molecule has 0 bridgehead atoms. The van der Waals surface area contributed by atoms with Crippen molar-refractivity contribution in [3.63, 3.8) is 0 Å². The standard InChI is InChI=1S/C48H26ClN3O.C32H19NO.C16H8Cl2N2/c49-47-48(51-44-36-21-11-7-17-32(36)31-16-6-10-20-35(31)43(44)50-47)52-38-24-22-29(27-12-2-1-3-13-27)26-37(38)40-33-18-8-9-19-34(33)42-41-30-15-5-4-14-28(30)23-25-39(41)53-46(42)45(40)52;1-2-8-19(9-3-1)21-14-16-26-25(18-21)28-23-12-6-7-13-24(23)30-29-22-11-5-4-10-20(22)15-17-27(29)34-32(30)31(28)33-26;17-15-16(18)20-14-12-8-4-2-6-10(12)9-5-1-3-7-11(9)13(14)19-15/h1-26H;1-18,33H;1-8H. The number of aromatic nitrogens is 6. The van der Waals surface area contributed by atoms with E-state index < -0.39 is 0 Å². The van der Waals surface area contributed by atoms with Crippen LogP contribution in [0.4, 0.5) is 0 Å². The molecule has 0 radical (unpaired) electrons. The minimum absolute atomic E-state index is 0.236. The Balaban J connectivity index is 0.000000112. The Labute approximate surface area is 623 Å². The summed E-state index contributed by atoms with van der Waals surface area (Å²) in [5, 5.41) is 28.2. The molecule has 0 atom stereocenters. The van der Waals surface area contributed by atoms with Crippen molar-refractivity contribution < 1.29 is 8.83 Å². The molecule has 24 rings (SSSR count). The molecule has 0 aliphatic heterocycles. The van der Waals surface area contributed by atoms with Crippen LogP contribution in [0.15, 0.2) is 324 Å². The number of hydrogen-bond donors (Lipinski definition) is 1. The molecule has 0 aliphatic carbocycles. The fraction of sp³-hybridized carbons (Fsp3) is 0. The molecule has 8 nitrogen and oxygen atoms in total. The Morgan fingerprint density at radius 3 is 1.13 bits per heavy atom. The zero-order chi connectivity index (χ0) is 70.7. The summed E-state index contributed by atoms with van der Waals surface area (Å²) in [4.78, 5) is 23.2. The summed E-state index contributed by atoms with van der Waals surface area (Å²) in [6, 6.07) is 111. The van der Waals surface area contributed by atoms with Crippen molar-refractivity contribution in [1.29, 1.82) is 0 Å². The maximum Gasteiger partial charge on any atom is 0.176 e. The van der Waals surface area contributed by atoms with Gasteiger partial charge in [-0.05, 0) is 123 Å². The van der Waals surface area contributed by atoms with Crippen LogP contribution in [0.2, 0.25) is 15.5 Å². The predicted molar refractivity (Wildman–Crippen MR) is 450 cm³/mol. The van der Waals surface area contributed by atoms with Gasteiger partial charge in [0.1, 0.15) is 11.2 Å². The molecule has 24 aromatic rings. The van der Waals surface area contributed by atoms with Crippen molar-refractivity contribution in [1.82, 2.24) is 29.5 Å². The van der Waals surface area contributed by atoms with Gasteiger partial charge in [-0.15, -0.1) is 0 Å². The third-order valence-corrected chi connectivity index (χ3v) is 22.6. The number of aromatic amines is 1. The highest BCUT2D eigenvalue weighted by Crippen LogP contribution is 2.50. The number of nitrogens with zero attached hydrogens (tertiary/aromatic N) is 5. The number of benzene rings is 18. The van der Waals surface area contributed by atoms with Crippen LogP contribution < -0.4 is 0 Å². The number of H-pyrrole nitrogens is 1. The van der Waals surface area contributed by atoms with Crippen LogP contribution in [0.25, 0.3) is 224 Å². The molecular formula is C96H53Cl3N6O2. The van der Waals surface area contributed by atoms with Gasteiger partial charge < -0.3 is 13.8 Å². The smallest absolute Gasteiger partial charge is 0.176 e. The molecule has 0 saturated carbocycles. The Kier molecular flexibility index (Phi) is 13.7. The van der Waals surface area contributed by atoms with E-state index in [1.54, 1.807) is 0 Å². The number of furan rings is 2. The second kappa shape index (κ2) is 23.9. The van der Waals surface area contributed by atoms with Gasteiger partial charge in [-0.2, -0.15) is 0 Å². The van der Waals surface area contributed by atoms with Gasteiger partial charge in [-0.3, -0.25) is 4.57 Å². The zero-order valence-corrected chi connectivity index (χ0v) is 59.0. The molecule has 6 heterocycles. The largest absolute Gasteiger partial charge is 0.454 e. The third-order valence-electron chi connectivity index (χ3n) is 21.7. The normalized spacial score (nSPS) is 12.1. The molecule has 6 aromatic heterocycles. The maximum absolute atomic E-state index is 7.38. The first-order chi connectivity index (χ1) is 52.8. The van der Waals surface area contributed by atoms with Crippen LogP contribution in [0, 0.1) is 0 Å². The van der Waals surface area contributed by atoms with E-state index in [0.717, 1.165) is 158 Å². The van der Waals surface area contributed by atoms with Crippen molar-refractivity contribution in [2.75, 3.05) is 0 Å². The third kappa shape index (κ3) is 9.30. The van der Waals surface area contributed by atoms with Crippen LogP contribution in [0.3, 0.4) is 0 Å². The van der Waals surface area contributed by atoms with E-state index >= 15 is 0 Å². The Morgan fingerprint density at radius 1 is 0.262 bits per heavy atom. The summed E-state index contributed by atoms with van der Waals surface area (Å²) in [6.07, 6.45) is 0. The van der Waals surface area contributed by atoms with E-state index in [2.05, 4.69) is 293 Å². The van der Waals surface area contributed by atoms with Gasteiger partial charge in [-0.1, -0.05) is 314 Å². The number of hydrogen-bond acceptors (Lipinski definition) is 6. The number of halogens is 3. The summed E-state index contributed by atoms with van der Waals surface area (Å²) in [5.41, 5.74) is 15.4. The molecule has 0 amide bonds. The lowest BCUT2D eigenvalue weighted by Crippen LogP contribution is -2.02. The van der Waals surface area contributed by atoms with Gasteiger partial charge in [-0.25, -0.2) is 19.9 Å². The molecule has 1 N–H and O–H groups in total. The first-order valence-corrected chi connectivity index (χ1v) is 36.7. The van der Waals surface area contributed by atoms with Crippen LogP contribution >= 0.6 is 34.8 Å². The summed E-state index contributed by atoms with van der Waals surface area (Å²) in [6.45, 7) is 0. The second-order valence-electron chi connectivity index (χ2n) is 27.4. The van der Waals surface area contributed by atoms with E-state index in [1.165, 1.54) is 59.6 Å². The monoisotopic (exact) mass is 1430 g/mol. The van der Waals surface area contributed by atoms with E-state index in [-0.39, 0.29) is 10.3 Å². The second-order valence-corrected chi connectivity index (χ2v) is 28.5. The first-order valence-electron chi connectivity index (χ1n) is 35.6. The van der Waals surface area contributed by atoms with Crippen molar-refractivity contribution in [3.8, 4) is 28.1 Å². The van der Waals surface area contributed by atoms with Crippen molar-refractivity contribution >= 4 is 231 Å². The molecule has 0 saturated heterocycles. The SMILES string of the molecule is Clc1nc2c3ccccc3c3ccccc3c2nc1-n1c2ccc(-c3ccccc3)cc2c2c3ccccc3c3c(oc4ccc5ccccc5c43)c21.Clc1nc2c3ccccc3c3ccccc3c2nc1Cl.c1ccc(-c2ccc3[nH]c4c5oc6ccc7ccccc7c6c5c5ccccc5c4c3c2)cc1. The molecule has 0 spiro atoms. The van der Waals surface area contributed by atoms with E-state index in [0.29, 0.717) is 11.0 Å². The summed E-state index contributed by atoms with van der Waals surface area (Å²) >= 11 is 19.4. The molecule has 500 valence electrons. The highest BCUT2D eigenvalue weighted by molar-refractivity contribution is 6.42. The highest BCUT2D eigenvalue weighted by Gasteiger charge is 2.28. The molecule has 0 fully saturated rings. The van der Waals surface area contributed by atoms with Crippen molar-refractivity contribution in [2.24, 2.45) is 0 Å². The van der Waals surface area contributed by atoms with E-state index in [9.17, 15) is 0 Å². The zero-order valence-electron chi connectivity index (χ0n) is 56.7. The van der Waals surface area contributed by atoms with Gasteiger partial charge in [0.15, 0.2) is 32.4 Å². The molecule has 11 heteroatoms.